The van der Waals surface area contributed by atoms with Crippen LogP contribution in [0.2, 0.25) is 0 Å². The van der Waals surface area contributed by atoms with Crippen molar-refractivity contribution in [2.75, 3.05) is 19.6 Å². The van der Waals surface area contributed by atoms with Crippen LogP contribution in [0.25, 0.3) is 0 Å². The number of guanidine groups is 1. The van der Waals surface area contributed by atoms with Gasteiger partial charge in [-0.15, -0.1) is 24.0 Å². The molecule has 0 amide bonds. The summed E-state index contributed by atoms with van der Waals surface area (Å²) in [5.74, 6) is 0.861. The van der Waals surface area contributed by atoms with E-state index < -0.39 is 0 Å². The van der Waals surface area contributed by atoms with Crippen LogP contribution in [0, 0.1) is 0 Å². The number of rotatable bonds is 7. The number of imidazole rings is 1. The summed E-state index contributed by atoms with van der Waals surface area (Å²) in [5, 5.41) is 6.57. The van der Waals surface area contributed by atoms with Gasteiger partial charge in [-0.3, -0.25) is 4.99 Å². The van der Waals surface area contributed by atoms with Gasteiger partial charge in [0.15, 0.2) is 5.96 Å². The van der Waals surface area contributed by atoms with Crippen molar-refractivity contribution in [2.24, 2.45) is 4.99 Å². The Morgan fingerprint density at radius 3 is 2.57 bits per heavy atom. The standard InChI is InChI=1S/C14H22N6.HI/c1-2-16-14(17-6-11-19-8-3-4-9-19)18-7-12-20-10-5-15-13-20;/h3-5,8-10,13H,2,6-7,11-12H2,1H3,(H2,16,17,18);1H. The molecule has 0 aromatic carbocycles. The molecule has 0 saturated carbocycles. The van der Waals surface area contributed by atoms with E-state index >= 15 is 0 Å². The van der Waals surface area contributed by atoms with Crippen molar-refractivity contribution < 1.29 is 0 Å². The third kappa shape index (κ3) is 6.65. The highest BCUT2D eigenvalue weighted by atomic mass is 127. The minimum Gasteiger partial charge on any atom is -0.357 e. The summed E-state index contributed by atoms with van der Waals surface area (Å²) in [7, 11) is 0. The van der Waals surface area contributed by atoms with Crippen LogP contribution >= 0.6 is 24.0 Å². The number of aliphatic imine (C=N–C) groups is 1. The van der Waals surface area contributed by atoms with Crippen molar-refractivity contribution in [3.8, 4) is 0 Å². The molecule has 2 heterocycles. The molecule has 0 fully saturated rings. The predicted molar refractivity (Wildman–Crippen MR) is 96.1 cm³/mol. The topological polar surface area (TPSA) is 59.2 Å². The summed E-state index contributed by atoms with van der Waals surface area (Å²) >= 11 is 0. The van der Waals surface area contributed by atoms with E-state index in [0.717, 1.165) is 38.7 Å². The van der Waals surface area contributed by atoms with E-state index in [4.69, 9.17) is 0 Å². The van der Waals surface area contributed by atoms with Crippen molar-refractivity contribution in [3.05, 3.63) is 43.2 Å². The van der Waals surface area contributed by atoms with E-state index in [1.807, 2.05) is 29.2 Å². The Balaban J connectivity index is 0.00000220. The van der Waals surface area contributed by atoms with Crippen molar-refractivity contribution in [1.29, 1.82) is 0 Å². The van der Waals surface area contributed by atoms with Gasteiger partial charge in [0, 0.05) is 51.0 Å². The second-order valence-electron chi connectivity index (χ2n) is 4.41. The number of hydrogen-bond acceptors (Lipinski definition) is 2. The van der Waals surface area contributed by atoms with Crippen LogP contribution < -0.4 is 10.6 Å². The first-order chi connectivity index (χ1) is 9.88. The van der Waals surface area contributed by atoms with E-state index in [2.05, 4.69) is 44.5 Å². The lowest BCUT2D eigenvalue weighted by Crippen LogP contribution is -2.39. The van der Waals surface area contributed by atoms with Crippen LogP contribution in [0.4, 0.5) is 0 Å². The van der Waals surface area contributed by atoms with Crippen LogP contribution in [0.1, 0.15) is 6.92 Å². The number of hydrogen-bond donors (Lipinski definition) is 2. The van der Waals surface area contributed by atoms with E-state index in [9.17, 15) is 0 Å². The maximum Gasteiger partial charge on any atom is 0.191 e. The minimum atomic E-state index is 0. The second kappa shape index (κ2) is 10.3. The highest BCUT2D eigenvalue weighted by molar-refractivity contribution is 14.0. The van der Waals surface area contributed by atoms with E-state index in [1.165, 1.54) is 0 Å². The molecule has 0 aliphatic carbocycles. The molecule has 0 aliphatic heterocycles. The average Bonchev–Trinajstić information content (AvgIpc) is 3.11. The first-order valence-electron chi connectivity index (χ1n) is 6.97. The maximum atomic E-state index is 4.56. The summed E-state index contributed by atoms with van der Waals surface area (Å²) in [6.07, 6.45) is 9.66. The smallest absolute Gasteiger partial charge is 0.191 e. The fourth-order valence-electron chi connectivity index (χ4n) is 1.86. The second-order valence-corrected chi connectivity index (χ2v) is 4.41. The molecule has 0 spiro atoms. The number of aromatic nitrogens is 3. The van der Waals surface area contributed by atoms with Gasteiger partial charge in [0.1, 0.15) is 0 Å². The minimum absolute atomic E-state index is 0. The normalized spacial score (nSPS) is 11.0. The van der Waals surface area contributed by atoms with Gasteiger partial charge in [-0.05, 0) is 19.1 Å². The van der Waals surface area contributed by atoms with Gasteiger partial charge in [0.25, 0.3) is 0 Å². The molecule has 6 nitrogen and oxygen atoms in total. The Bertz CT molecular complexity index is 492. The molecule has 116 valence electrons. The molecule has 2 aromatic heterocycles. The first-order valence-corrected chi connectivity index (χ1v) is 6.97. The molecular formula is C14H23IN6. The fraction of sp³-hybridized carbons (Fsp3) is 0.429. The molecular weight excluding hydrogens is 379 g/mol. The Labute approximate surface area is 142 Å². The van der Waals surface area contributed by atoms with Crippen molar-refractivity contribution >= 4 is 29.9 Å². The van der Waals surface area contributed by atoms with Crippen LogP contribution in [0.15, 0.2) is 48.2 Å². The van der Waals surface area contributed by atoms with Crippen molar-refractivity contribution in [2.45, 2.75) is 20.0 Å². The molecule has 0 aliphatic rings. The van der Waals surface area contributed by atoms with Crippen LogP contribution in [0.5, 0.6) is 0 Å². The van der Waals surface area contributed by atoms with E-state index in [0.29, 0.717) is 0 Å². The molecule has 0 atom stereocenters. The molecule has 2 N–H and O–H groups in total. The van der Waals surface area contributed by atoms with Gasteiger partial charge in [-0.25, -0.2) is 4.98 Å². The van der Waals surface area contributed by atoms with Crippen LogP contribution in [-0.2, 0) is 13.1 Å². The summed E-state index contributed by atoms with van der Waals surface area (Å²) in [6, 6.07) is 4.05. The highest BCUT2D eigenvalue weighted by Crippen LogP contribution is 1.90. The Morgan fingerprint density at radius 1 is 1.10 bits per heavy atom. The predicted octanol–water partition coefficient (Wildman–Crippen LogP) is 1.56. The third-order valence-electron chi connectivity index (χ3n) is 2.86. The van der Waals surface area contributed by atoms with E-state index in [1.54, 1.807) is 6.20 Å². The Hall–Kier alpha value is -1.51. The largest absolute Gasteiger partial charge is 0.357 e. The van der Waals surface area contributed by atoms with Gasteiger partial charge in [-0.2, -0.15) is 0 Å². The SMILES string of the molecule is CCNC(=NCCn1cccc1)NCCn1ccnc1.I. The van der Waals surface area contributed by atoms with Crippen molar-refractivity contribution in [1.82, 2.24) is 24.8 Å². The maximum absolute atomic E-state index is 4.56. The molecule has 21 heavy (non-hydrogen) atoms. The quantitative estimate of drug-likeness (QED) is 0.420. The molecule has 0 bridgehead atoms. The zero-order chi connectivity index (χ0) is 14.0. The number of nitrogens with zero attached hydrogens (tertiary/aromatic N) is 4. The molecule has 2 aromatic rings. The third-order valence-corrected chi connectivity index (χ3v) is 2.86. The molecule has 0 unspecified atom stereocenters. The summed E-state index contributed by atoms with van der Waals surface area (Å²) < 4.78 is 4.16. The highest BCUT2D eigenvalue weighted by Gasteiger charge is 1.97. The Morgan fingerprint density at radius 2 is 1.90 bits per heavy atom. The van der Waals surface area contributed by atoms with Gasteiger partial charge in [-0.1, -0.05) is 0 Å². The van der Waals surface area contributed by atoms with Gasteiger partial charge < -0.3 is 19.8 Å². The number of nitrogens with one attached hydrogen (secondary N) is 2. The molecule has 7 heteroatoms. The van der Waals surface area contributed by atoms with Crippen molar-refractivity contribution in [3.63, 3.8) is 0 Å². The average molecular weight is 402 g/mol. The van der Waals surface area contributed by atoms with Crippen LogP contribution in [0.3, 0.4) is 0 Å². The first kappa shape index (κ1) is 17.5. The summed E-state index contributed by atoms with van der Waals surface area (Å²) in [6.45, 7) is 6.29. The monoisotopic (exact) mass is 402 g/mol. The lowest BCUT2D eigenvalue weighted by atomic mass is 10.5. The van der Waals surface area contributed by atoms with E-state index in [-0.39, 0.29) is 24.0 Å². The molecule has 0 radical (unpaired) electrons. The van der Waals surface area contributed by atoms with Gasteiger partial charge >= 0.3 is 0 Å². The van der Waals surface area contributed by atoms with Crippen LogP contribution in [-0.4, -0.2) is 39.7 Å². The fourth-order valence-corrected chi connectivity index (χ4v) is 1.86. The molecule has 0 saturated heterocycles. The molecule has 2 rings (SSSR count). The summed E-state index contributed by atoms with van der Waals surface area (Å²) in [5.41, 5.74) is 0. The zero-order valence-electron chi connectivity index (χ0n) is 12.3. The lowest BCUT2D eigenvalue weighted by molar-refractivity contribution is 0.656. The van der Waals surface area contributed by atoms with Gasteiger partial charge in [0.05, 0.1) is 12.9 Å². The number of halogens is 1. The zero-order valence-corrected chi connectivity index (χ0v) is 14.6. The lowest BCUT2D eigenvalue weighted by Gasteiger charge is -2.11. The van der Waals surface area contributed by atoms with Gasteiger partial charge in [0.2, 0.25) is 0 Å². The Kier molecular flexibility index (Phi) is 8.56. The summed E-state index contributed by atoms with van der Waals surface area (Å²) in [4.78, 5) is 8.58.